The van der Waals surface area contributed by atoms with E-state index < -0.39 is 0 Å². The summed E-state index contributed by atoms with van der Waals surface area (Å²) in [6.45, 7) is 4.20. The second kappa shape index (κ2) is 9.10. The number of para-hydroxylation sites is 1. The summed E-state index contributed by atoms with van der Waals surface area (Å²) in [5, 5.41) is 6.67. The zero-order valence-electron chi connectivity index (χ0n) is 17.9. The number of amides is 1. The van der Waals surface area contributed by atoms with Crippen molar-refractivity contribution in [3.05, 3.63) is 87.3 Å². The van der Waals surface area contributed by atoms with Crippen LogP contribution in [0.15, 0.2) is 70.5 Å². The lowest BCUT2D eigenvalue weighted by molar-refractivity contribution is 0.102. The lowest BCUT2D eigenvalue weighted by atomic mass is 9.94. The number of carbonyl (C=O) groups excluding carboxylic acids is 1. The highest BCUT2D eigenvalue weighted by molar-refractivity contribution is 7.12. The minimum Gasteiger partial charge on any atom is -0.457 e. The molecule has 3 heterocycles. The van der Waals surface area contributed by atoms with Crippen LogP contribution in [0.1, 0.15) is 46.8 Å². The fourth-order valence-corrected chi connectivity index (χ4v) is 5.31. The fourth-order valence-electron chi connectivity index (χ4n) is 4.46. The maximum absolute atomic E-state index is 13.0. The van der Waals surface area contributed by atoms with Gasteiger partial charge in [0.15, 0.2) is 5.76 Å². The van der Waals surface area contributed by atoms with E-state index in [0.29, 0.717) is 15.8 Å². The number of piperidine rings is 1. The molecule has 1 fully saturated rings. The number of nitrogens with one attached hydrogen (secondary N) is 1. The number of rotatable bonds is 5. The van der Waals surface area contributed by atoms with E-state index in [0.717, 1.165) is 53.9 Å². The number of halogens is 1. The van der Waals surface area contributed by atoms with E-state index in [2.05, 4.69) is 23.2 Å². The number of anilines is 1. The van der Waals surface area contributed by atoms with Crippen LogP contribution in [0.5, 0.6) is 0 Å². The van der Waals surface area contributed by atoms with Crippen molar-refractivity contribution in [1.29, 1.82) is 0 Å². The van der Waals surface area contributed by atoms with Crippen molar-refractivity contribution in [2.75, 3.05) is 18.4 Å². The van der Waals surface area contributed by atoms with Gasteiger partial charge in [-0.25, -0.2) is 0 Å². The molecule has 0 bridgehead atoms. The van der Waals surface area contributed by atoms with E-state index in [1.807, 2.05) is 60.0 Å². The first-order valence-electron chi connectivity index (χ1n) is 11.0. The van der Waals surface area contributed by atoms with E-state index >= 15 is 0 Å². The lowest BCUT2D eigenvalue weighted by Gasteiger charge is -2.36. The molecule has 6 heteroatoms. The Morgan fingerprint density at radius 1 is 1.09 bits per heavy atom. The number of hydrogen-bond acceptors (Lipinski definition) is 4. The number of fused-ring (bicyclic) bond motifs is 1. The zero-order chi connectivity index (χ0) is 22.1. The Morgan fingerprint density at radius 2 is 1.84 bits per heavy atom. The van der Waals surface area contributed by atoms with Crippen molar-refractivity contribution in [3.63, 3.8) is 0 Å². The van der Waals surface area contributed by atoms with Crippen molar-refractivity contribution >= 4 is 45.5 Å². The Labute approximate surface area is 196 Å². The SMILES string of the molecule is CC1CCN(C(c2ccccc2Cl)c2oc3ccccc3c2NC(=O)c2cccs2)CC1. The van der Waals surface area contributed by atoms with Crippen molar-refractivity contribution in [2.24, 2.45) is 5.92 Å². The van der Waals surface area contributed by atoms with Crippen LogP contribution < -0.4 is 5.32 Å². The normalized spacial score (nSPS) is 16.3. The Kier molecular flexibility index (Phi) is 6.05. The third-order valence-corrected chi connectivity index (χ3v) is 7.45. The van der Waals surface area contributed by atoms with Crippen LogP contribution in [0.3, 0.4) is 0 Å². The minimum absolute atomic E-state index is 0.127. The summed E-state index contributed by atoms with van der Waals surface area (Å²) in [6.07, 6.45) is 2.25. The number of carbonyl (C=O) groups is 1. The average molecular weight is 465 g/mol. The van der Waals surface area contributed by atoms with Crippen LogP contribution in [-0.4, -0.2) is 23.9 Å². The molecule has 4 aromatic rings. The number of thiophene rings is 1. The summed E-state index contributed by atoms with van der Waals surface area (Å²) in [5.74, 6) is 1.31. The number of benzene rings is 2. The van der Waals surface area contributed by atoms with Gasteiger partial charge >= 0.3 is 0 Å². The largest absolute Gasteiger partial charge is 0.457 e. The van der Waals surface area contributed by atoms with E-state index in [9.17, 15) is 4.79 Å². The molecule has 0 aliphatic carbocycles. The topological polar surface area (TPSA) is 45.5 Å². The van der Waals surface area contributed by atoms with Gasteiger partial charge in [-0.15, -0.1) is 11.3 Å². The molecule has 1 aliphatic heterocycles. The van der Waals surface area contributed by atoms with Crippen LogP contribution >= 0.6 is 22.9 Å². The van der Waals surface area contributed by atoms with Gasteiger partial charge in [0.1, 0.15) is 5.58 Å². The summed E-state index contributed by atoms with van der Waals surface area (Å²) in [5.41, 5.74) is 2.48. The van der Waals surface area contributed by atoms with Crippen molar-refractivity contribution in [2.45, 2.75) is 25.8 Å². The molecule has 1 amide bonds. The predicted octanol–water partition coefficient (Wildman–Crippen LogP) is 7.22. The molecule has 4 nitrogen and oxygen atoms in total. The number of hydrogen-bond donors (Lipinski definition) is 1. The van der Waals surface area contributed by atoms with Crippen LogP contribution in [-0.2, 0) is 0 Å². The third-order valence-electron chi connectivity index (χ3n) is 6.24. The first kappa shape index (κ1) is 21.3. The predicted molar refractivity (Wildman–Crippen MR) is 132 cm³/mol. The van der Waals surface area contributed by atoms with Crippen LogP contribution in [0.4, 0.5) is 5.69 Å². The maximum atomic E-state index is 13.0. The summed E-state index contributed by atoms with van der Waals surface area (Å²) >= 11 is 8.13. The maximum Gasteiger partial charge on any atom is 0.265 e. The molecule has 0 spiro atoms. The van der Waals surface area contributed by atoms with Gasteiger partial charge in [0, 0.05) is 10.4 Å². The van der Waals surface area contributed by atoms with Crippen LogP contribution in [0, 0.1) is 5.92 Å². The van der Waals surface area contributed by atoms with Gasteiger partial charge in [-0.1, -0.05) is 54.9 Å². The second-order valence-electron chi connectivity index (χ2n) is 8.41. The van der Waals surface area contributed by atoms with Crippen molar-refractivity contribution in [3.8, 4) is 0 Å². The molecule has 32 heavy (non-hydrogen) atoms. The van der Waals surface area contributed by atoms with Crippen molar-refractivity contribution in [1.82, 2.24) is 4.90 Å². The summed E-state index contributed by atoms with van der Waals surface area (Å²) in [7, 11) is 0. The molecule has 1 N–H and O–H groups in total. The summed E-state index contributed by atoms with van der Waals surface area (Å²) < 4.78 is 6.46. The minimum atomic E-state index is -0.178. The molecule has 164 valence electrons. The first-order chi connectivity index (χ1) is 15.6. The smallest absolute Gasteiger partial charge is 0.265 e. The van der Waals surface area contributed by atoms with Gasteiger partial charge in [0.05, 0.1) is 16.6 Å². The van der Waals surface area contributed by atoms with Gasteiger partial charge in [0.25, 0.3) is 5.91 Å². The van der Waals surface area contributed by atoms with Gasteiger partial charge < -0.3 is 9.73 Å². The molecular weight excluding hydrogens is 440 g/mol. The molecule has 1 saturated heterocycles. The van der Waals surface area contributed by atoms with Gasteiger partial charge in [-0.05, 0) is 67.1 Å². The summed E-state index contributed by atoms with van der Waals surface area (Å²) in [6, 6.07) is 19.3. The first-order valence-corrected chi connectivity index (χ1v) is 12.2. The zero-order valence-corrected chi connectivity index (χ0v) is 19.5. The van der Waals surface area contributed by atoms with E-state index in [1.54, 1.807) is 0 Å². The Bertz CT molecular complexity index is 1230. The average Bonchev–Trinajstić information content (AvgIpc) is 3.46. The molecule has 1 atom stereocenters. The third kappa shape index (κ3) is 4.08. The highest BCUT2D eigenvalue weighted by Gasteiger charge is 2.33. The van der Waals surface area contributed by atoms with Gasteiger partial charge in [0.2, 0.25) is 0 Å². The second-order valence-corrected chi connectivity index (χ2v) is 9.77. The van der Waals surface area contributed by atoms with Gasteiger partial charge in [-0.3, -0.25) is 9.69 Å². The highest BCUT2D eigenvalue weighted by atomic mass is 35.5. The van der Waals surface area contributed by atoms with E-state index in [-0.39, 0.29) is 11.9 Å². The highest BCUT2D eigenvalue weighted by Crippen LogP contribution is 2.43. The molecule has 5 rings (SSSR count). The quantitative estimate of drug-likeness (QED) is 0.339. The molecule has 1 aliphatic rings. The standard InChI is InChI=1S/C26H25ClN2O2S/c1-17-12-14-29(15-13-17)24(18-7-2-4-9-20(18)27)25-23(19-8-3-5-10-21(19)31-25)28-26(30)22-11-6-16-32-22/h2-11,16-17,24H,12-15H2,1H3,(H,28,30). The van der Waals surface area contributed by atoms with Crippen LogP contribution in [0.2, 0.25) is 5.02 Å². The summed E-state index contributed by atoms with van der Waals surface area (Å²) in [4.78, 5) is 16.1. The van der Waals surface area contributed by atoms with E-state index in [1.165, 1.54) is 11.3 Å². The Balaban J connectivity index is 1.65. The van der Waals surface area contributed by atoms with E-state index in [4.69, 9.17) is 16.0 Å². The molecule has 1 unspecified atom stereocenters. The number of furan rings is 1. The molecular formula is C26H25ClN2O2S. The molecule has 0 saturated carbocycles. The molecule has 2 aromatic carbocycles. The number of nitrogens with zero attached hydrogens (tertiary/aromatic N) is 1. The lowest BCUT2D eigenvalue weighted by Crippen LogP contribution is -2.37. The fraction of sp³-hybridized carbons (Fsp3) is 0.269. The molecule has 2 aromatic heterocycles. The Hall–Kier alpha value is -2.60. The number of likely N-dealkylation sites (tertiary alicyclic amines) is 1. The Morgan fingerprint density at radius 3 is 2.59 bits per heavy atom. The van der Waals surface area contributed by atoms with Crippen molar-refractivity contribution < 1.29 is 9.21 Å². The monoisotopic (exact) mass is 464 g/mol. The van der Waals surface area contributed by atoms with Gasteiger partial charge in [-0.2, -0.15) is 0 Å². The van der Waals surface area contributed by atoms with Crippen LogP contribution in [0.25, 0.3) is 11.0 Å². The molecule has 0 radical (unpaired) electrons.